The zero-order valence-electron chi connectivity index (χ0n) is 5.46. The van der Waals surface area contributed by atoms with Gasteiger partial charge in [-0.15, -0.1) is 0 Å². The lowest BCUT2D eigenvalue weighted by Gasteiger charge is -1.95. The summed E-state index contributed by atoms with van der Waals surface area (Å²) >= 11 is 0. The van der Waals surface area contributed by atoms with Crippen LogP contribution in [0.4, 0.5) is 5.82 Å². The van der Waals surface area contributed by atoms with Crippen LogP contribution in [-0.2, 0) is 7.05 Å². The number of hydrogen-bond acceptors (Lipinski definition) is 3. The summed E-state index contributed by atoms with van der Waals surface area (Å²) in [7, 11) is 3.35. The molecule has 0 saturated carbocycles. The summed E-state index contributed by atoms with van der Waals surface area (Å²) < 4.78 is 6.46. The van der Waals surface area contributed by atoms with Crippen molar-refractivity contribution in [2.75, 3.05) is 12.8 Å². The van der Waals surface area contributed by atoms with E-state index in [0.29, 0.717) is 11.7 Å². The topological polar surface area (TPSA) is 53.1 Å². The molecule has 2 N–H and O–H groups in total. The van der Waals surface area contributed by atoms with Crippen molar-refractivity contribution >= 4 is 5.82 Å². The lowest BCUT2D eigenvalue weighted by molar-refractivity contribution is 0.373. The van der Waals surface area contributed by atoms with E-state index in [2.05, 4.69) is 5.10 Å². The highest BCUT2D eigenvalue weighted by molar-refractivity contribution is 5.32. The average molecular weight is 127 g/mol. The average Bonchev–Trinajstić information content (AvgIpc) is 2.10. The Morgan fingerprint density at radius 1 is 1.78 bits per heavy atom. The highest BCUT2D eigenvalue weighted by Crippen LogP contribution is 2.10. The van der Waals surface area contributed by atoms with E-state index < -0.39 is 0 Å². The van der Waals surface area contributed by atoms with E-state index >= 15 is 0 Å². The van der Waals surface area contributed by atoms with Gasteiger partial charge in [-0.05, 0) is 0 Å². The first-order valence-electron chi connectivity index (χ1n) is 2.57. The van der Waals surface area contributed by atoms with Gasteiger partial charge in [0.1, 0.15) is 5.82 Å². The minimum absolute atomic E-state index is 0.481. The number of nitrogens with two attached hydrogens (primary N) is 1. The van der Waals surface area contributed by atoms with E-state index in [0.717, 1.165) is 0 Å². The Hall–Kier alpha value is -1.19. The summed E-state index contributed by atoms with van der Waals surface area (Å²) in [5.74, 6) is 1.15. The van der Waals surface area contributed by atoms with Gasteiger partial charge in [0, 0.05) is 13.1 Å². The number of rotatable bonds is 1. The highest BCUT2D eigenvalue weighted by atomic mass is 16.5. The Morgan fingerprint density at radius 3 is 2.67 bits per heavy atom. The van der Waals surface area contributed by atoms with E-state index in [-0.39, 0.29) is 0 Å². The third kappa shape index (κ3) is 0.960. The van der Waals surface area contributed by atoms with Gasteiger partial charge >= 0.3 is 0 Å². The van der Waals surface area contributed by atoms with Gasteiger partial charge in [0.2, 0.25) is 5.88 Å². The van der Waals surface area contributed by atoms with Crippen molar-refractivity contribution in [1.82, 2.24) is 9.78 Å². The van der Waals surface area contributed by atoms with Crippen LogP contribution in [0.1, 0.15) is 0 Å². The molecule has 0 amide bonds. The first kappa shape index (κ1) is 5.94. The number of ether oxygens (including phenoxy) is 1. The van der Waals surface area contributed by atoms with Crippen molar-refractivity contribution in [3.05, 3.63) is 6.07 Å². The smallest absolute Gasteiger partial charge is 0.213 e. The van der Waals surface area contributed by atoms with Crippen LogP contribution in [0.2, 0.25) is 0 Å². The first-order chi connectivity index (χ1) is 4.24. The molecule has 0 saturated heterocycles. The predicted octanol–water partition coefficient (Wildman–Crippen LogP) is 0.0109. The fraction of sp³-hybridized carbons (Fsp3) is 0.400. The molecule has 0 unspecified atom stereocenters. The van der Waals surface area contributed by atoms with Gasteiger partial charge in [-0.1, -0.05) is 0 Å². The molecule has 1 heterocycles. The predicted molar refractivity (Wildman–Crippen MR) is 34.2 cm³/mol. The van der Waals surface area contributed by atoms with E-state index in [4.69, 9.17) is 10.5 Å². The van der Waals surface area contributed by atoms with Gasteiger partial charge in [-0.25, -0.2) is 4.68 Å². The normalized spacial score (nSPS) is 9.56. The van der Waals surface area contributed by atoms with E-state index in [1.54, 1.807) is 24.9 Å². The van der Waals surface area contributed by atoms with Gasteiger partial charge < -0.3 is 10.5 Å². The maximum atomic E-state index is 5.34. The highest BCUT2D eigenvalue weighted by Gasteiger charge is 1.98. The molecule has 0 radical (unpaired) electrons. The zero-order chi connectivity index (χ0) is 6.85. The fourth-order valence-corrected chi connectivity index (χ4v) is 0.662. The molecule has 50 valence electrons. The monoisotopic (exact) mass is 127 g/mol. The molecule has 1 aromatic heterocycles. The number of aromatic nitrogens is 2. The molecule has 0 bridgehead atoms. The van der Waals surface area contributed by atoms with Crippen molar-refractivity contribution in [2.24, 2.45) is 7.05 Å². The van der Waals surface area contributed by atoms with Crippen LogP contribution in [0.3, 0.4) is 0 Å². The summed E-state index contributed by atoms with van der Waals surface area (Å²) in [6.45, 7) is 0. The quantitative estimate of drug-likeness (QED) is 0.578. The summed E-state index contributed by atoms with van der Waals surface area (Å²) in [6, 6.07) is 1.67. The molecule has 0 spiro atoms. The Kier molecular flexibility index (Phi) is 1.30. The Labute approximate surface area is 53.2 Å². The molecule has 0 aliphatic carbocycles. The molecule has 1 rings (SSSR count). The second-order valence-corrected chi connectivity index (χ2v) is 1.74. The van der Waals surface area contributed by atoms with Crippen LogP contribution in [0.25, 0.3) is 0 Å². The van der Waals surface area contributed by atoms with Gasteiger partial charge in [-0.3, -0.25) is 0 Å². The number of nitrogen functional groups attached to an aromatic ring is 1. The lowest BCUT2D eigenvalue weighted by atomic mass is 10.6. The van der Waals surface area contributed by atoms with Crippen molar-refractivity contribution < 1.29 is 4.74 Å². The molecule has 0 aliphatic heterocycles. The van der Waals surface area contributed by atoms with E-state index in [1.807, 2.05) is 0 Å². The Balaban J connectivity index is 3.01. The van der Waals surface area contributed by atoms with Crippen molar-refractivity contribution in [3.8, 4) is 5.88 Å². The molecular weight excluding hydrogens is 118 g/mol. The summed E-state index contributed by atoms with van der Waals surface area (Å²) in [5.41, 5.74) is 5.34. The summed E-state index contributed by atoms with van der Waals surface area (Å²) in [4.78, 5) is 0. The van der Waals surface area contributed by atoms with Gasteiger partial charge in [0.25, 0.3) is 0 Å². The summed E-state index contributed by atoms with van der Waals surface area (Å²) in [6.07, 6.45) is 0. The van der Waals surface area contributed by atoms with Crippen LogP contribution in [0.15, 0.2) is 6.07 Å². The molecule has 4 heteroatoms. The summed E-state index contributed by atoms with van der Waals surface area (Å²) in [5, 5.41) is 3.85. The molecule has 4 nitrogen and oxygen atoms in total. The molecular formula is C5H9N3O. The van der Waals surface area contributed by atoms with E-state index in [9.17, 15) is 0 Å². The maximum absolute atomic E-state index is 5.34. The minimum atomic E-state index is 0.481. The number of anilines is 1. The van der Waals surface area contributed by atoms with E-state index in [1.165, 1.54) is 0 Å². The van der Waals surface area contributed by atoms with Gasteiger partial charge in [0.05, 0.1) is 7.11 Å². The SMILES string of the molecule is COc1cc(N)nn1C. The van der Waals surface area contributed by atoms with Crippen molar-refractivity contribution in [2.45, 2.75) is 0 Å². The van der Waals surface area contributed by atoms with Crippen LogP contribution >= 0.6 is 0 Å². The number of nitrogens with zero attached hydrogens (tertiary/aromatic N) is 2. The first-order valence-corrected chi connectivity index (χ1v) is 2.57. The van der Waals surface area contributed by atoms with Crippen LogP contribution in [0, 0.1) is 0 Å². The minimum Gasteiger partial charge on any atom is -0.481 e. The third-order valence-electron chi connectivity index (χ3n) is 1.06. The van der Waals surface area contributed by atoms with Gasteiger partial charge in [0.15, 0.2) is 0 Å². The van der Waals surface area contributed by atoms with Crippen LogP contribution < -0.4 is 10.5 Å². The molecule has 0 aromatic carbocycles. The van der Waals surface area contributed by atoms with Crippen molar-refractivity contribution in [1.29, 1.82) is 0 Å². The second kappa shape index (κ2) is 1.97. The molecule has 9 heavy (non-hydrogen) atoms. The third-order valence-corrected chi connectivity index (χ3v) is 1.06. The fourth-order valence-electron chi connectivity index (χ4n) is 0.662. The standard InChI is InChI=1S/C5H9N3O/c1-8-5(9-2)3-4(6)7-8/h3H,1-2H3,(H2,6,7). The largest absolute Gasteiger partial charge is 0.481 e. The van der Waals surface area contributed by atoms with Crippen molar-refractivity contribution in [3.63, 3.8) is 0 Å². The van der Waals surface area contributed by atoms with Crippen LogP contribution in [0.5, 0.6) is 5.88 Å². The number of hydrogen-bond donors (Lipinski definition) is 1. The van der Waals surface area contributed by atoms with Gasteiger partial charge in [-0.2, -0.15) is 5.10 Å². The lowest BCUT2D eigenvalue weighted by Crippen LogP contribution is -1.95. The second-order valence-electron chi connectivity index (χ2n) is 1.74. The number of aryl methyl sites for hydroxylation is 1. The molecule has 0 atom stereocenters. The zero-order valence-corrected chi connectivity index (χ0v) is 5.46. The maximum Gasteiger partial charge on any atom is 0.213 e. The van der Waals surface area contributed by atoms with Crippen LogP contribution in [-0.4, -0.2) is 16.9 Å². The Morgan fingerprint density at radius 2 is 2.44 bits per heavy atom. The number of methoxy groups -OCH3 is 1. The molecule has 1 aromatic rings. The Bertz CT molecular complexity index is 206. The molecule has 0 aliphatic rings. The molecule has 0 fully saturated rings.